The summed E-state index contributed by atoms with van der Waals surface area (Å²) in [5, 5.41) is 9.70. The predicted octanol–water partition coefficient (Wildman–Crippen LogP) is 1.62. The molecule has 6 nitrogen and oxygen atoms in total. The number of aryl methyl sites for hydroxylation is 1. The van der Waals surface area contributed by atoms with E-state index in [1.165, 1.54) is 12.3 Å². The number of benzene rings is 1. The van der Waals surface area contributed by atoms with E-state index in [9.17, 15) is 9.59 Å². The van der Waals surface area contributed by atoms with Crippen molar-refractivity contribution in [2.24, 2.45) is 0 Å². The van der Waals surface area contributed by atoms with Gasteiger partial charge in [0.2, 0.25) is 5.91 Å². The molecule has 2 rings (SSSR count). The van der Waals surface area contributed by atoms with Gasteiger partial charge in [-0.05, 0) is 26.0 Å². The minimum Gasteiger partial charge on any atom is -0.384 e. The Labute approximate surface area is 122 Å². The lowest BCUT2D eigenvalue weighted by atomic mass is 10.2. The van der Waals surface area contributed by atoms with E-state index in [-0.39, 0.29) is 18.0 Å². The molecule has 2 aromatic rings. The first-order valence-corrected chi connectivity index (χ1v) is 6.76. The summed E-state index contributed by atoms with van der Waals surface area (Å²) in [5.41, 5.74) is 2.15. The molecule has 1 amide bonds. The molecule has 21 heavy (non-hydrogen) atoms. The lowest BCUT2D eigenvalue weighted by Crippen LogP contribution is -2.29. The third-order valence-electron chi connectivity index (χ3n) is 2.88. The number of amides is 1. The molecular weight excluding hydrogens is 268 g/mol. The third-order valence-corrected chi connectivity index (χ3v) is 2.88. The molecule has 1 aromatic carbocycles. The fraction of sp³-hybridized carbons (Fsp3) is 0.267. The number of nitrogens with one attached hydrogen (secondary N) is 2. The Morgan fingerprint density at radius 2 is 1.95 bits per heavy atom. The lowest BCUT2D eigenvalue weighted by molar-refractivity contribution is -0.117. The Kier molecular flexibility index (Phi) is 4.71. The van der Waals surface area contributed by atoms with E-state index in [0.717, 1.165) is 10.2 Å². The van der Waals surface area contributed by atoms with Crippen molar-refractivity contribution in [1.29, 1.82) is 0 Å². The maximum absolute atomic E-state index is 11.9. The number of nitrogens with zero attached hydrogens (tertiary/aromatic N) is 2. The van der Waals surface area contributed by atoms with Crippen LogP contribution in [0, 0.1) is 6.92 Å². The van der Waals surface area contributed by atoms with Gasteiger partial charge in [-0.25, -0.2) is 4.68 Å². The van der Waals surface area contributed by atoms with Gasteiger partial charge in [0.15, 0.2) is 0 Å². The van der Waals surface area contributed by atoms with Gasteiger partial charge in [0.25, 0.3) is 5.56 Å². The summed E-state index contributed by atoms with van der Waals surface area (Å²) in [6.07, 6.45) is 1.53. The molecule has 1 aromatic heterocycles. The Balaban J connectivity index is 2.02. The van der Waals surface area contributed by atoms with Crippen LogP contribution in [0.2, 0.25) is 0 Å². The summed E-state index contributed by atoms with van der Waals surface area (Å²) in [5.74, 6) is -0.287. The molecule has 0 fully saturated rings. The molecule has 0 saturated heterocycles. The highest BCUT2D eigenvalue weighted by molar-refractivity contribution is 5.90. The minimum absolute atomic E-state index is 0.112. The molecule has 0 aliphatic carbocycles. The zero-order valence-corrected chi connectivity index (χ0v) is 12.1. The number of rotatable bonds is 5. The molecule has 0 aliphatic heterocycles. The third kappa shape index (κ3) is 4.17. The zero-order valence-electron chi connectivity index (χ0n) is 12.1. The van der Waals surface area contributed by atoms with Gasteiger partial charge in [0, 0.05) is 18.3 Å². The molecule has 0 spiro atoms. The fourth-order valence-corrected chi connectivity index (χ4v) is 1.83. The van der Waals surface area contributed by atoms with E-state index in [1.54, 1.807) is 0 Å². The number of anilines is 2. The second-order valence-electron chi connectivity index (χ2n) is 4.68. The van der Waals surface area contributed by atoms with Crippen molar-refractivity contribution in [2.75, 3.05) is 17.2 Å². The van der Waals surface area contributed by atoms with E-state index in [1.807, 2.05) is 38.1 Å². The fourth-order valence-electron chi connectivity index (χ4n) is 1.83. The van der Waals surface area contributed by atoms with Crippen molar-refractivity contribution in [1.82, 2.24) is 9.78 Å². The number of carbonyl (C=O) groups excluding carboxylic acids is 1. The van der Waals surface area contributed by atoms with Crippen molar-refractivity contribution in [3.63, 3.8) is 0 Å². The van der Waals surface area contributed by atoms with E-state index in [0.29, 0.717) is 17.9 Å². The van der Waals surface area contributed by atoms with Gasteiger partial charge in [0.05, 0.1) is 11.9 Å². The van der Waals surface area contributed by atoms with E-state index < -0.39 is 0 Å². The molecule has 0 radical (unpaired) electrons. The standard InChI is InChI=1S/C15H18N4O2/c1-3-16-13-8-15(21)19(17-9-13)10-14(20)18-12-6-4-11(2)5-7-12/h4-9,16H,3,10H2,1-2H3,(H,18,20). The Bertz CT molecular complexity index is 677. The van der Waals surface area contributed by atoms with Crippen LogP contribution in [0.3, 0.4) is 0 Å². The highest BCUT2D eigenvalue weighted by Crippen LogP contribution is 2.08. The number of aromatic nitrogens is 2. The molecule has 1 heterocycles. The first-order chi connectivity index (χ1) is 10.1. The van der Waals surface area contributed by atoms with Gasteiger partial charge >= 0.3 is 0 Å². The van der Waals surface area contributed by atoms with Crippen LogP contribution < -0.4 is 16.2 Å². The Hall–Kier alpha value is -2.63. The molecule has 0 unspecified atom stereocenters. The van der Waals surface area contributed by atoms with Crippen molar-refractivity contribution in [3.05, 3.63) is 52.4 Å². The summed E-state index contributed by atoms with van der Waals surface area (Å²) in [6.45, 7) is 4.50. The van der Waals surface area contributed by atoms with Crippen molar-refractivity contribution < 1.29 is 4.79 Å². The monoisotopic (exact) mass is 286 g/mol. The van der Waals surface area contributed by atoms with E-state index in [2.05, 4.69) is 15.7 Å². The van der Waals surface area contributed by atoms with Gasteiger partial charge < -0.3 is 10.6 Å². The molecule has 0 bridgehead atoms. The maximum Gasteiger partial charge on any atom is 0.269 e. The largest absolute Gasteiger partial charge is 0.384 e. The predicted molar refractivity (Wildman–Crippen MR) is 82.5 cm³/mol. The zero-order chi connectivity index (χ0) is 15.2. The quantitative estimate of drug-likeness (QED) is 0.875. The van der Waals surface area contributed by atoms with Crippen molar-refractivity contribution in [3.8, 4) is 0 Å². The van der Waals surface area contributed by atoms with Gasteiger partial charge in [-0.2, -0.15) is 5.10 Å². The van der Waals surface area contributed by atoms with Crippen LogP contribution in [-0.2, 0) is 11.3 Å². The highest BCUT2D eigenvalue weighted by atomic mass is 16.2. The summed E-state index contributed by atoms with van der Waals surface area (Å²) >= 11 is 0. The molecule has 110 valence electrons. The van der Waals surface area contributed by atoms with Gasteiger partial charge in [0.1, 0.15) is 6.54 Å². The molecule has 0 aliphatic rings. The van der Waals surface area contributed by atoms with Crippen LogP contribution in [0.5, 0.6) is 0 Å². The van der Waals surface area contributed by atoms with Gasteiger partial charge in [-0.3, -0.25) is 9.59 Å². The highest BCUT2D eigenvalue weighted by Gasteiger charge is 2.06. The second kappa shape index (κ2) is 6.69. The molecular formula is C15H18N4O2. The molecule has 2 N–H and O–H groups in total. The average Bonchev–Trinajstić information content (AvgIpc) is 2.45. The van der Waals surface area contributed by atoms with Crippen LogP contribution >= 0.6 is 0 Å². The summed E-state index contributed by atoms with van der Waals surface area (Å²) in [6, 6.07) is 8.88. The van der Waals surface area contributed by atoms with E-state index >= 15 is 0 Å². The minimum atomic E-state index is -0.312. The maximum atomic E-state index is 11.9. The summed E-state index contributed by atoms with van der Waals surface area (Å²) in [7, 11) is 0. The van der Waals surface area contributed by atoms with Crippen LogP contribution in [0.4, 0.5) is 11.4 Å². The number of carbonyl (C=O) groups is 1. The van der Waals surface area contributed by atoms with Crippen molar-refractivity contribution >= 4 is 17.3 Å². The van der Waals surface area contributed by atoms with Gasteiger partial charge in [-0.1, -0.05) is 17.7 Å². The average molecular weight is 286 g/mol. The Morgan fingerprint density at radius 3 is 2.57 bits per heavy atom. The van der Waals surface area contributed by atoms with Crippen LogP contribution in [-0.4, -0.2) is 22.2 Å². The van der Waals surface area contributed by atoms with Crippen LogP contribution in [0.15, 0.2) is 41.3 Å². The van der Waals surface area contributed by atoms with Crippen LogP contribution in [0.1, 0.15) is 12.5 Å². The number of hydrogen-bond donors (Lipinski definition) is 2. The molecule has 0 atom stereocenters. The number of hydrogen-bond acceptors (Lipinski definition) is 4. The van der Waals surface area contributed by atoms with Gasteiger partial charge in [-0.15, -0.1) is 0 Å². The molecule has 0 saturated carbocycles. The summed E-state index contributed by atoms with van der Waals surface area (Å²) in [4.78, 5) is 23.7. The smallest absolute Gasteiger partial charge is 0.269 e. The molecule has 6 heteroatoms. The normalized spacial score (nSPS) is 10.2. The van der Waals surface area contributed by atoms with E-state index in [4.69, 9.17) is 0 Å². The van der Waals surface area contributed by atoms with Crippen LogP contribution in [0.25, 0.3) is 0 Å². The summed E-state index contributed by atoms with van der Waals surface area (Å²) < 4.78 is 1.13. The first-order valence-electron chi connectivity index (χ1n) is 6.76. The van der Waals surface area contributed by atoms with Crippen molar-refractivity contribution in [2.45, 2.75) is 20.4 Å². The second-order valence-corrected chi connectivity index (χ2v) is 4.68. The Morgan fingerprint density at radius 1 is 1.24 bits per heavy atom. The topological polar surface area (TPSA) is 76.0 Å². The first kappa shape index (κ1) is 14.8. The lowest BCUT2D eigenvalue weighted by Gasteiger charge is -2.08. The SMILES string of the molecule is CCNc1cnn(CC(=O)Nc2ccc(C)cc2)c(=O)c1.